The molecular formula is C21H27F3IN3O4. The van der Waals surface area contributed by atoms with Crippen LogP contribution < -0.4 is 24.8 Å². The highest BCUT2D eigenvalue weighted by molar-refractivity contribution is 14.0. The standard InChI is InChI=1S/C21H26F3N3O4.HI/c1-4-25-20(26-12-14-7-5-6-8-19(14)31-21(22,23)24)27-13-18(28)15-9-16(29-2)11-17(10-15)30-3;/h5-11,18,28H,4,12-13H2,1-3H3,(H2,25,26,27);1H. The van der Waals surface area contributed by atoms with Gasteiger partial charge in [-0.2, -0.15) is 0 Å². The van der Waals surface area contributed by atoms with Gasteiger partial charge in [-0.1, -0.05) is 18.2 Å². The molecule has 0 radical (unpaired) electrons. The first kappa shape index (κ1) is 27.6. The number of aliphatic imine (C=N–C) groups is 1. The van der Waals surface area contributed by atoms with E-state index >= 15 is 0 Å². The Morgan fingerprint density at radius 1 is 1.06 bits per heavy atom. The first-order chi connectivity index (χ1) is 14.8. The predicted octanol–water partition coefficient (Wildman–Crippen LogP) is 4.01. The summed E-state index contributed by atoms with van der Waals surface area (Å²) in [5.74, 6) is 1.10. The fourth-order valence-corrected chi connectivity index (χ4v) is 2.70. The molecule has 7 nitrogen and oxygen atoms in total. The molecule has 0 spiro atoms. The number of alkyl halides is 3. The van der Waals surface area contributed by atoms with Crippen LogP contribution in [0.25, 0.3) is 0 Å². The SMILES string of the molecule is CCNC(=NCc1ccccc1OC(F)(F)F)NCC(O)c1cc(OC)cc(OC)c1.I. The van der Waals surface area contributed by atoms with E-state index in [1.807, 2.05) is 6.92 Å². The van der Waals surface area contributed by atoms with Crippen LogP contribution in [0.2, 0.25) is 0 Å². The van der Waals surface area contributed by atoms with Crippen molar-refractivity contribution in [3.8, 4) is 17.2 Å². The molecule has 0 amide bonds. The van der Waals surface area contributed by atoms with Gasteiger partial charge in [-0.15, -0.1) is 37.1 Å². The third kappa shape index (κ3) is 8.99. The highest BCUT2D eigenvalue weighted by atomic mass is 127. The second kappa shape index (κ2) is 13.2. The van der Waals surface area contributed by atoms with E-state index in [1.165, 1.54) is 32.4 Å². The normalized spacial score (nSPS) is 12.4. The van der Waals surface area contributed by atoms with Gasteiger partial charge in [0, 0.05) is 24.7 Å². The van der Waals surface area contributed by atoms with Gasteiger partial charge in [-0.25, -0.2) is 4.99 Å². The van der Waals surface area contributed by atoms with E-state index < -0.39 is 12.5 Å². The molecule has 1 atom stereocenters. The van der Waals surface area contributed by atoms with Gasteiger partial charge in [-0.05, 0) is 30.7 Å². The number of guanidine groups is 1. The Bertz CT molecular complexity index is 859. The monoisotopic (exact) mass is 569 g/mol. The number of aliphatic hydroxyl groups excluding tert-OH is 1. The Labute approximate surface area is 202 Å². The lowest BCUT2D eigenvalue weighted by atomic mass is 10.1. The maximum Gasteiger partial charge on any atom is 0.573 e. The smallest absolute Gasteiger partial charge is 0.497 e. The van der Waals surface area contributed by atoms with Crippen LogP contribution >= 0.6 is 24.0 Å². The summed E-state index contributed by atoms with van der Waals surface area (Å²) < 4.78 is 52.2. The second-order valence-corrected chi connectivity index (χ2v) is 6.39. The minimum absolute atomic E-state index is 0. The van der Waals surface area contributed by atoms with E-state index in [0.29, 0.717) is 29.6 Å². The summed E-state index contributed by atoms with van der Waals surface area (Å²) in [5, 5.41) is 16.5. The number of methoxy groups -OCH3 is 2. The molecule has 0 saturated carbocycles. The van der Waals surface area contributed by atoms with Crippen molar-refractivity contribution in [3.63, 3.8) is 0 Å². The summed E-state index contributed by atoms with van der Waals surface area (Å²) in [6.45, 7) is 2.42. The van der Waals surface area contributed by atoms with Crippen LogP contribution in [0.5, 0.6) is 17.2 Å². The predicted molar refractivity (Wildman–Crippen MR) is 126 cm³/mol. The van der Waals surface area contributed by atoms with Crippen molar-refractivity contribution in [2.24, 2.45) is 4.99 Å². The van der Waals surface area contributed by atoms with E-state index in [-0.39, 0.29) is 48.4 Å². The van der Waals surface area contributed by atoms with Crippen LogP contribution in [-0.4, -0.2) is 44.7 Å². The average Bonchev–Trinajstić information content (AvgIpc) is 2.74. The molecule has 0 aliphatic heterocycles. The van der Waals surface area contributed by atoms with E-state index in [2.05, 4.69) is 20.4 Å². The van der Waals surface area contributed by atoms with Gasteiger partial charge in [0.2, 0.25) is 0 Å². The molecular weight excluding hydrogens is 542 g/mol. The molecule has 0 aromatic heterocycles. The Hall–Kier alpha value is -2.41. The second-order valence-electron chi connectivity index (χ2n) is 6.39. The number of hydrogen-bond donors (Lipinski definition) is 3. The van der Waals surface area contributed by atoms with Gasteiger partial charge >= 0.3 is 6.36 Å². The number of benzene rings is 2. The van der Waals surface area contributed by atoms with E-state index in [9.17, 15) is 18.3 Å². The number of aliphatic hydroxyl groups is 1. The fraction of sp³-hybridized carbons (Fsp3) is 0.381. The molecule has 0 heterocycles. The van der Waals surface area contributed by atoms with E-state index in [4.69, 9.17) is 9.47 Å². The molecule has 3 N–H and O–H groups in total. The van der Waals surface area contributed by atoms with Gasteiger partial charge in [0.15, 0.2) is 5.96 Å². The number of nitrogens with one attached hydrogen (secondary N) is 2. The summed E-state index contributed by atoms with van der Waals surface area (Å²) in [6.07, 6.45) is -5.70. The molecule has 1 unspecified atom stereocenters. The molecule has 0 aliphatic carbocycles. The summed E-state index contributed by atoms with van der Waals surface area (Å²) in [5.41, 5.74) is 0.846. The molecule has 2 rings (SSSR count). The average molecular weight is 569 g/mol. The van der Waals surface area contributed by atoms with Crippen molar-refractivity contribution in [1.82, 2.24) is 10.6 Å². The molecule has 0 aliphatic rings. The lowest BCUT2D eigenvalue weighted by molar-refractivity contribution is -0.274. The van der Waals surface area contributed by atoms with Crippen LogP contribution in [0.15, 0.2) is 47.5 Å². The Morgan fingerprint density at radius 2 is 1.69 bits per heavy atom. The third-order valence-electron chi connectivity index (χ3n) is 4.17. The van der Waals surface area contributed by atoms with Crippen LogP contribution in [0.1, 0.15) is 24.2 Å². The summed E-state index contributed by atoms with van der Waals surface area (Å²) in [4.78, 5) is 4.29. The third-order valence-corrected chi connectivity index (χ3v) is 4.17. The van der Waals surface area contributed by atoms with Crippen molar-refractivity contribution < 1.29 is 32.5 Å². The number of hydrogen-bond acceptors (Lipinski definition) is 5. The van der Waals surface area contributed by atoms with Gasteiger partial charge in [0.05, 0.1) is 26.9 Å². The van der Waals surface area contributed by atoms with Crippen molar-refractivity contribution in [2.45, 2.75) is 25.9 Å². The first-order valence-corrected chi connectivity index (χ1v) is 9.52. The zero-order chi connectivity index (χ0) is 22.9. The van der Waals surface area contributed by atoms with Crippen LogP contribution in [-0.2, 0) is 6.54 Å². The molecule has 2 aromatic carbocycles. The van der Waals surface area contributed by atoms with Gasteiger partial charge in [0.1, 0.15) is 17.2 Å². The lowest BCUT2D eigenvalue weighted by Gasteiger charge is -2.17. The number of rotatable bonds is 9. The Kier molecular flexibility index (Phi) is 11.4. The summed E-state index contributed by atoms with van der Waals surface area (Å²) >= 11 is 0. The maximum atomic E-state index is 12.6. The van der Waals surface area contributed by atoms with E-state index in [0.717, 1.165) is 0 Å². The van der Waals surface area contributed by atoms with Crippen molar-refractivity contribution in [3.05, 3.63) is 53.6 Å². The molecule has 32 heavy (non-hydrogen) atoms. The van der Waals surface area contributed by atoms with Crippen molar-refractivity contribution in [1.29, 1.82) is 0 Å². The lowest BCUT2D eigenvalue weighted by Crippen LogP contribution is -2.39. The summed E-state index contributed by atoms with van der Waals surface area (Å²) in [7, 11) is 3.03. The highest BCUT2D eigenvalue weighted by Crippen LogP contribution is 2.27. The molecule has 2 aromatic rings. The number of para-hydroxylation sites is 1. The Morgan fingerprint density at radius 3 is 2.25 bits per heavy atom. The highest BCUT2D eigenvalue weighted by Gasteiger charge is 2.31. The minimum Gasteiger partial charge on any atom is -0.497 e. The van der Waals surface area contributed by atoms with Crippen LogP contribution in [0, 0.1) is 0 Å². The van der Waals surface area contributed by atoms with Crippen LogP contribution in [0.4, 0.5) is 13.2 Å². The minimum atomic E-state index is -4.79. The topological polar surface area (TPSA) is 84.3 Å². The number of halogens is 4. The number of ether oxygens (including phenoxy) is 3. The van der Waals surface area contributed by atoms with Crippen LogP contribution in [0.3, 0.4) is 0 Å². The molecule has 0 bridgehead atoms. The van der Waals surface area contributed by atoms with Crippen molar-refractivity contribution in [2.75, 3.05) is 27.3 Å². The zero-order valence-electron chi connectivity index (χ0n) is 17.9. The quantitative estimate of drug-likeness (QED) is 0.241. The van der Waals surface area contributed by atoms with E-state index in [1.54, 1.807) is 24.3 Å². The first-order valence-electron chi connectivity index (χ1n) is 9.52. The van der Waals surface area contributed by atoms with Gasteiger partial charge in [0.25, 0.3) is 0 Å². The fourth-order valence-electron chi connectivity index (χ4n) is 2.70. The molecule has 0 saturated heterocycles. The van der Waals surface area contributed by atoms with Gasteiger partial charge in [-0.3, -0.25) is 0 Å². The largest absolute Gasteiger partial charge is 0.573 e. The maximum absolute atomic E-state index is 12.6. The summed E-state index contributed by atoms with van der Waals surface area (Å²) in [6, 6.07) is 10.9. The zero-order valence-corrected chi connectivity index (χ0v) is 20.2. The Balaban J connectivity index is 0.00000512. The van der Waals surface area contributed by atoms with Gasteiger partial charge < -0.3 is 30.0 Å². The molecule has 11 heteroatoms. The number of nitrogens with zero attached hydrogens (tertiary/aromatic N) is 1. The molecule has 178 valence electrons. The molecule has 0 fully saturated rings. The van der Waals surface area contributed by atoms with Crippen molar-refractivity contribution >= 4 is 29.9 Å².